The summed E-state index contributed by atoms with van der Waals surface area (Å²) in [6.45, 7) is 4.42. The second-order valence-corrected chi connectivity index (χ2v) is 7.00. The third-order valence-corrected chi connectivity index (χ3v) is 4.57. The van der Waals surface area contributed by atoms with Crippen molar-refractivity contribution in [1.29, 1.82) is 0 Å². The molecule has 7 nitrogen and oxygen atoms in total. The number of nitrogens with zero attached hydrogens (tertiary/aromatic N) is 1. The number of hydrazine groups is 2. The van der Waals surface area contributed by atoms with E-state index in [1.54, 1.807) is 6.07 Å². The molecule has 1 saturated heterocycles. The smallest absolute Gasteiger partial charge is 0.162 e. The fraction of sp³-hybridized carbons (Fsp3) is 0.368. The van der Waals surface area contributed by atoms with Crippen molar-refractivity contribution in [2.75, 3.05) is 7.11 Å². The minimum atomic E-state index is -0.252. The van der Waals surface area contributed by atoms with Gasteiger partial charge < -0.3 is 14.6 Å². The molecular formula is C19H26N4O3S. The number of para-hydroxylation sites is 1. The first-order chi connectivity index (χ1) is 13.0. The predicted molar refractivity (Wildman–Crippen MR) is 107 cm³/mol. The van der Waals surface area contributed by atoms with Gasteiger partial charge in [0.2, 0.25) is 0 Å². The van der Waals surface area contributed by atoms with Crippen LogP contribution in [-0.4, -0.2) is 28.8 Å². The number of aromatic hydroxyl groups is 1. The van der Waals surface area contributed by atoms with Crippen molar-refractivity contribution in [1.82, 2.24) is 21.3 Å². The molecule has 0 unspecified atom stereocenters. The van der Waals surface area contributed by atoms with Gasteiger partial charge in [0.05, 0.1) is 13.2 Å². The number of thiol groups is 1. The van der Waals surface area contributed by atoms with Gasteiger partial charge in [0.25, 0.3) is 0 Å². The van der Waals surface area contributed by atoms with Crippen LogP contribution in [0.1, 0.15) is 31.1 Å². The Morgan fingerprint density at radius 2 is 2.00 bits per heavy atom. The molecule has 0 aromatic heterocycles. The van der Waals surface area contributed by atoms with E-state index >= 15 is 0 Å². The molecule has 1 fully saturated rings. The third kappa shape index (κ3) is 4.66. The molecule has 8 heteroatoms. The highest BCUT2D eigenvalue weighted by molar-refractivity contribution is 7.80. The number of nitrogens with one attached hydrogen (secondary N) is 3. The fourth-order valence-corrected chi connectivity index (χ4v) is 3.23. The molecule has 1 heterocycles. The molecule has 2 atom stereocenters. The Morgan fingerprint density at radius 3 is 2.74 bits per heavy atom. The molecule has 146 valence electrons. The summed E-state index contributed by atoms with van der Waals surface area (Å²) in [5.41, 5.74) is 11.2. The average molecular weight is 391 g/mol. The number of phenolic OH excluding ortho intramolecular Hbond substituents is 1. The van der Waals surface area contributed by atoms with Gasteiger partial charge in [0.15, 0.2) is 11.5 Å². The SMILES string of the molecule is COc1cccc(CNN2[C@@H](S)NN[C@H]2c2cccc(OC(C)C)c2)c1O. The van der Waals surface area contributed by atoms with Gasteiger partial charge in [-0.25, -0.2) is 16.3 Å². The first kappa shape index (κ1) is 19.8. The first-order valence-electron chi connectivity index (χ1n) is 8.82. The summed E-state index contributed by atoms with van der Waals surface area (Å²) in [7, 11) is 1.53. The summed E-state index contributed by atoms with van der Waals surface area (Å²) in [5, 5.41) is 12.2. The molecule has 27 heavy (non-hydrogen) atoms. The molecule has 0 spiro atoms. The van der Waals surface area contributed by atoms with Crippen LogP contribution in [0, 0.1) is 0 Å². The standard InChI is InChI=1S/C19H26N4O3S/c1-12(2)26-15-8-4-6-13(10-15)18-21-22-19(27)23(18)20-11-14-7-5-9-16(25-3)17(14)24/h4-10,12,18-22,24,27H,11H2,1-3H3/t18-,19+/m1/s1. The van der Waals surface area contributed by atoms with E-state index in [1.165, 1.54) is 7.11 Å². The Balaban J connectivity index is 1.74. The molecule has 1 aliphatic heterocycles. The van der Waals surface area contributed by atoms with Gasteiger partial charge in [-0.15, -0.1) is 12.6 Å². The Hall–Kier alpha value is -1.97. The van der Waals surface area contributed by atoms with Gasteiger partial charge >= 0.3 is 0 Å². The minimum absolute atomic E-state index is 0.109. The highest BCUT2D eigenvalue weighted by Gasteiger charge is 2.32. The monoisotopic (exact) mass is 390 g/mol. The topological polar surface area (TPSA) is 78.0 Å². The van der Waals surface area contributed by atoms with Crippen molar-refractivity contribution in [3.63, 3.8) is 0 Å². The highest BCUT2D eigenvalue weighted by Crippen LogP contribution is 2.30. The van der Waals surface area contributed by atoms with Crippen LogP contribution in [0.4, 0.5) is 0 Å². The van der Waals surface area contributed by atoms with Crippen LogP contribution in [0.25, 0.3) is 0 Å². The van der Waals surface area contributed by atoms with Crippen molar-refractivity contribution in [2.24, 2.45) is 0 Å². The van der Waals surface area contributed by atoms with E-state index in [0.717, 1.165) is 16.9 Å². The Bertz CT molecular complexity index is 774. The normalized spacial score (nSPS) is 20.2. The van der Waals surface area contributed by atoms with Crippen LogP contribution < -0.4 is 25.8 Å². The molecule has 2 aromatic carbocycles. The van der Waals surface area contributed by atoms with Crippen LogP contribution in [0.2, 0.25) is 0 Å². The molecule has 0 bridgehead atoms. The van der Waals surface area contributed by atoms with Gasteiger partial charge in [-0.2, -0.15) is 5.01 Å². The van der Waals surface area contributed by atoms with Gasteiger partial charge in [0, 0.05) is 12.1 Å². The number of hydrogen-bond donors (Lipinski definition) is 5. The van der Waals surface area contributed by atoms with Crippen LogP contribution >= 0.6 is 12.6 Å². The Kier molecular flexibility index (Phi) is 6.46. The van der Waals surface area contributed by atoms with Crippen molar-refractivity contribution >= 4 is 12.6 Å². The van der Waals surface area contributed by atoms with E-state index in [9.17, 15) is 5.11 Å². The summed E-state index contributed by atoms with van der Waals surface area (Å²) in [6, 6.07) is 13.4. The molecule has 0 aliphatic carbocycles. The first-order valence-corrected chi connectivity index (χ1v) is 9.33. The minimum Gasteiger partial charge on any atom is -0.504 e. The lowest BCUT2D eigenvalue weighted by molar-refractivity contribution is 0.143. The molecule has 4 N–H and O–H groups in total. The van der Waals surface area contributed by atoms with Crippen LogP contribution in [0.5, 0.6) is 17.2 Å². The molecule has 2 aromatic rings. The molecule has 0 saturated carbocycles. The average Bonchev–Trinajstić information content (AvgIpc) is 3.01. The van der Waals surface area contributed by atoms with Gasteiger partial charge in [-0.3, -0.25) is 0 Å². The van der Waals surface area contributed by atoms with E-state index < -0.39 is 0 Å². The third-order valence-electron chi connectivity index (χ3n) is 4.19. The lowest BCUT2D eigenvalue weighted by atomic mass is 10.1. The fourth-order valence-electron chi connectivity index (χ4n) is 2.94. The van der Waals surface area contributed by atoms with Crippen molar-refractivity contribution in [3.8, 4) is 17.2 Å². The largest absolute Gasteiger partial charge is 0.504 e. The number of benzene rings is 2. The zero-order valence-corrected chi connectivity index (χ0v) is 16.5. The summed E-state index contributed by atoms with van der Waals surface area (Å²) in [6.07, 6.45) is -0.0474. The highest BCUT2D eigenvalue weighted by atomic mass is 32.1. The number of methoxy groups -OCH3 is 1. The summed E-state index contributed by atoms with van der Waals surface area (Å²) in [5.74, 6) is 1.40. The quantitative estimate of drug-likeness (QED) is 0.465. The van der Waals surface area contributed by atoms with Crippen molar-refractivity contribution in [2.45, 2.75) is 38.2 Å². The Labute approximate surface area is 165 Å². The van der Waals surface area contributed by atoms with E-state index in [0.29, 0.717) is 12.3 Å². The van der Waals surface area contributed by atoms with Gasteiger partial charge in [-0.05, 0) is 37.6 Å². The summed E-state index contributed by atoms with van der Waals surface area (Å²) >= 11 is 4.56. The lowest BCUT2D eigenvalue weighted by Crippen LogP contribution is -2.42. The lowest BCUT2D eigenvalue weighted by Gasteiger charge is -2.27. The number of phenols is 1. The van der Waals surface area contributed by atoms with E-state index in [2.05, 4.69) is 28.9 Å². The maximum Gasteiger partial charge on any atom is 0.162 e. The van der Waals surface area contributed by atoms with Crippen LogP contribution in [0.3, 0.4) is 0 Å². The maximum atomic E-state index is 10.3. The maximum absolute atomic E-state index is 10.3. The second kappa shape index (κ2) is 8.81. The Morgan fingerprint density at radius 1 is 1.22 bits per heavy atom. The number of rotatable bonds is 7. The number of ether oxygens (including phenoxy) is 2. The molecule has 0 radical (unpaired) electrons. The van der Waals surface area contributed by atoms with E-state index in [-0.39, 0.29) is 23.5 Å². The zero-order valence-electron chi connectivity index (χ0n) is 15.6. The predicted octanol–water partition coefficient (Wildman–Crippen LogP) is 2.51. The van der Waals surface area contributed by atoms with E-state index in [1.807, 2.05) is 55.3 Å². The van der Waals surface area contributed by atoms with Crippen LogP contribution in [0.15, 0.2) is 42.5 Å². The van der Waals surface area contributed by atoms with Gasteiger partial charge in [-0.1, -0.05) is 24.3 Å². The van der Waals surface area contributed by atoms with E-state index in [4.69, 9.17) is 9.47 Å². The van der Waals surface area contributed by atoms with Crippen molar-refractivity contribution in [3.05, 3.63) is 53.6 Å². The summed E-state index contributed by atoms with van der Waals surface area (Å²) in [4.78, 5) is 0. The van der Waals surface area contributed by atoms with Crippen LogP contribution in [-0.2, 0) is 6.54 Å². The summed E-state index contributed by atoms with van der Waals surface area (Å²) < 4.78 is 11.0. The molecule has 0 amide bonds. The second-order valence-electron chi connectivity index (χ2n) is 6.51. The molecular weight excluding hydrogens is 364 g/mol. The molecule has 3 rings (SSSR count). The van der Waals surface area contributed by atoms with Gasteiger partial charge in [0.1, 0.15) is 17.4 Å². The zero-order chi connectivity index (χ0) is 19.4. The molecule has 1 aliphatic rings. The van der Waals surface area contributed by atoms with Crippen molar-refractivity contribution < 1.29 is 14.6 Å². The number of hydrogen-bond acceptors (Lipinski definition) is 8.